The first-order valence-corrected chi connectivity index (χ1v) is 5.97. The second-order valence-corrected chi connectivity index (χ2v) is 5.36. The van der Waals surface area contributed by atoms with Crippen LogP contribution in [0.4, 0.5) is 0 Å². The number of pyridine rings is 1. The predicted molar refractivity (Wildman–Crippen MR) is 53.0 cm³/mol. The Morgan fingerprint density at radius 3 is 2.64 bits per heavy atom. The van der Waals surface area contributed by atoms with Gasteiger partial charge >= 0.3 is 0 Å². The van der Waals surface area contributed by atoms with E-state index in [4.69, 9.17) is 16.7 Å². The Bertz CT molecular complexity index is 399. The van der Waals surface area contributed by atoms with Crippen molar-refractivity contribution in [2.24, 2.45) is 0 Å². The molecule has 0 aliphatic rings. The van der Waals surface area contributed by atoms with Crippen LogP contribution >= 0.6 is 11.6 Å². The second kappa shape index (κ2) is 4.25. The summed E-state index contributed by atoms with van der Waals surface area (Å²) in [4.78, 5) is 3.67. The van der Waals surface area contributed by atoms with Gasteiger partial charge in [0.2, 0.25) is 0 Å². The first kappa shape index (κ1) is 11.4. The molecular formula is C8H10ClNO3S. The highest BCUT2D eigenvalue weighted by molar-refractivity contribution is 7.91. The van der Waals surface area contributed by atoms with Crippen molar-refractivity contribution in [3.05, 3.63) is 23.4 Å². The molecule has 0 fully saturated rings. The molecular weight excluding hydrogens is 226 g/mol. The Hall–Kier alpha value is -0.650. The van der Waals surface area contributed by atoms with Gasteiger partial charge in [0.25, 0.3) is 0 Å². The lowest BCUT2D eigenvalue weighted by atomic mass is 10.5. The normalized spacial score (nSPS) is 13.9. The Labute approximate surface area is 87.5 Å². The Balaban J connectivity index is 2.99. The third-order valence-electron chi connectivity index (χ3n) is 1.48. The predicted octanol–water partition coefficient (Wildman–Crippen LogP) is 0.890. The summed E-state index contributed by atoms with van der Waals surface area (Å²) in [5.74, 6) is -0.332. The molecule has 1 rings (SSSR count). The van der Waals surface area contributed by atoms with E-state index < -0.39 is 15.9 Å². The lowest BCUT2D eigenvalue weighted by molar-refractivity contribution is 0.218. The SMILES string of the molecule is C[C@@H](O)CS(=O)(=O)c1ccc(Cl)cn1. The summed E-state index contributed by atoms with van der Waals surface area (Å²) >= 11 is 5.56. The van der Waals surface area contributed by atoms with Crippen molar-refractivity contribution in [1.82, 2.24) is 4.98 Å². The van der Waals surface area contributed by atoms with Crippen LogP contribution in [0.1, 0.15) is 6.92 Å². The third kappa shape index (κ3) is 2.94. The highest BCUT2D eigenvalue weighted by Crippen LogP contribution is 2.12. The summed E-state index contributed by atoms with van der Waals surface area (Å²) in [6.07, 6.45) is 0.355. The van der Waals surface area contributed by atoms with Crippen LogP contribution in [0.2, 0.25) is 5.02 Å². The maximum atomic E-state index is 11.5. The van der Waals surface area contributed by atoms with Crippen molar-refractivity contribution in [2.45, 2.75) is 18.1 Å². The van der Waals surface area contributed by atoms with Crippen LogP contribution in [-0.2, 0) is 9.84 Å². The zero-order chi connectivity index (χ0) is 10.8. The first-order valence-electron chi connectivity index (χ1n) is 3.94. The summed E-state index contributed by atoms with van der Waals surface area (Å²) in [5.41, 5.74) is 0. The number of nitrogens with zero attached hydrogens (tertiary/aromatic N) is 1. The molecule has 0 amide bonds. The fourth-order valence-corrected chi connectivity index (χ4v) is 2.36. The molecule has 78 valence electrons. The maximum Gasteiger partial charge on any atom is 0.198 e. The lowest BCUT2D eigenvalue weighted by Gasteiger charge is -2.05. The molecule has 0 bridgehead atoms. The first-order chi connectivity index (χ1) is 6.42. The molecule has 1 aromatic rings. The van der Waals surface area contributed by atoms with E-state index in [0.29, 0.717) is 5.02 Å². The van der Waals surface area contributed by atoms with Gasteiger partial charge in [-0.15, -0.1) is 0 Å². The van der Waals surface area contributed by atoms with Gasteiger partial charge in [0.15, 0.2) is 14.9 Å². The van der Waals surface area contributed by atoms with Crippen molar-refractivity contribution in [2.75, 3.05) is 5.75 Å². The summed E-state index contributed by atoms with van der Waals surface area (Å²) < 4.78 is 23.0. The fraction of sp³-hybridized carbons (Fsp3) is 0.375. The molecule has 0 unspecified atom stereocenters. The van der Waals surface area contributed by atoms with Crippen molar-refractivity contribution in [3.63, 3.8) is 0 Å². The standard InChI is InChI=1S/C8H10ClNO3S/c1-6(11)5-14(12,13)8-3-2-7(9)4-10-8/h2-4,6,11H,5H2,1H3/t6-/m1/s1. The number of aromatic nitrogens is 1. The van der Waals surface area contributed by atoms with Gasteiger partial charge in [0.1, 0.15) is 0 Å². The van der Waals surface area contributed by atoms with Gasteiger partial charge < -0.3 is 5.11 Å². The molecule has 1 N–H and O–H groups in total. The number of hydrogen-bond acceptors (Lipinski definition) is 4. The largest absolute Gasteiger partial charge is 0.392 e. The second-order valence-electron chi connectivity index (χ2n) is 2.95. The van der Waals surface area contributed by atoms with Crippen LogP contribution in [0.3, 0.4) is 0 Å². The van der Waals surface area contributed by atoms with Gasteiger partial charge in [-0.25, -0.2) is 13.4 Å². The number of aliphatic hydroxyl groups excluding tert-OH is 1. The Kier molecular flexibility index (Phi) is 3.47. The average Bonchev–Trinajstić information content (AvgIpc) is 2.02. The zero-order valence-electron chi connectivity index (χ0n) is 7.51. The molecule has 0 aliphatic carbocycles. The van der Waals surface area contributed by atoms with E-state index >= 15 is 0 Å². The molecule has 0 saturated carbocycles. The van der Waals surface area contributed by atoms with E-state index in [0.717, 1.165) is 0 Å². The lowest BCUT2D eigenvalue weighted by Crippen LogP contribution is -2.18. The molecule has 0 aromatic carbocycles. The van der Waals surface area contributed by atoms with Gasteiger partial charge in [0.05, 0.1) is 16.9 Å². The summed E-state index contributed by atoms with van der Waals surface area (Å²) in [5, 5.41) is 9.28. The van der Waals surface area contributed by atoms with E-state index in [-0.39, 0.29) is 10.8 Å². The third-order valence-corrected chi connectivity index (χ3v) is 3.50. The number of aliphatic hydroxyl groups is 1. The van der Waals surface area contributed by atoms with Gasteiger partial charge in [-0.2, -0.15) is 0 Å². The number of sulfone groups is 1. The maximum absolute atomic E-state index is 11.5. The van der Waals surface area contributed by atoms with Crippen molar-refractivity contribution in [3.8, 4) is 0 Å². The summed E-state index contributed by atoms with van der Waals surface area (Å²) in [7, 11) is -3.50. The van der Waals surface area contributed by atoms with Gasteiger partial charge in [-0.05, 0) is 19.1 Å². The molecule has 1 aromatic heterocycles. The molecule has 4 nitrogen and oxygen atoms in total. The molecule has 1 atom stereocenters. The van der Waals surface area contributed by atoms with Crippen molar-refractivity contribution >= 4 is 21.4 Å². The van der Waals surface area contributed by atoms with Crippen LogP contribution in [0.25, 0.3) is 0 Å². The van der Waals surface area contributed by atoms with Crippen molar-refractivity contribution in [1.29, 1.82) is 0 Å². The quantitative estimate of drug-likeness (QED) is 0.845. The highest BCUT2D eigenvalue weighted by atomic mass is 35.5. The van der Waals surface area contributed by atoms with Gasteiger partial charge in [-0.1, -0.05) is 11.6 Å². The molecule has 0 radical (unpaired) electrons. The minimum atomic E-state index is -3.50. The van der Waals surface area contributed by atoms with Gasteiger partial charge in [-0.3, -0.25) is 0 Å². The molecule has 6 heteroatoms. The average molecular weight is 236 g/mol. The molecule has 0 aliphatic heterocycles. The summed E-state index contributed by atoms with van der Waals surface area (Å²) in [6, 6.07) is 2.77. The topological polar surface area (TPSA) is 67.3 Å². The fourth-order valence-electron chi connectivity index (χ4n) is 0.949. The minimum absolute atomic E-state index is 0.0669. The van der Waals surface area contributed by atoms with E-state index in [1.807, 2.05) is 0 Å². The van der Waals surface area contributed by atoms with Crippen LogP contribution in [0.15, 0.2) is 23.4 Å². The van der Waals surface area contributed by atoms with Gasteiger partial charge in [0, 0.05) is 6.20 Å². The van der Waals surface area contributed by atoms with Crippen LogP contribution in [0, 0.1) is 0 Å². The van der Waals surface area contributed by atoms with E-state index in [1.54, 1.807) is 0 Å². The molecule has 14 heavy (non-hydrogen) atoms. The highest BCUT2D eigenvalue weighted by Gasteiger charge is 2.18. The zero-order valence-corrected chi connectivity index (χ0v) is 9.09. The van der Waals surface area contributed by atoms with Crippen LogP contribution in [-0.4, -0.2) is 30.4 Å². The summed E-state index contributed by atoms with van der Waals surface area (Å²) in [6.45, 7) is 1.41. The minimum Gasteiger partial charge on any atom is -0.392 e. The molecule has 1 heterocycles. The number of hydrogen-bond donors (Lipinski definition) is 1. The van der Waals surface area contributed by atoms with E-state index in [1.165, 1.54) is 25.3 Å². The van der Waals surface area contributed by atoms with Crippen LogP contribution in [0.5, 0.6) is 0 Å². The monoisotopic (exact) mass is 235 g/mol. The molecule has 0 saturated heterocycles. The number of halogens is 1. The molecule has 0 spiro atoms. The smallest absolute Gasteiger partial charge is 0.198 e. The number of rotatable bonds is 3. The Morgan fingerprint density at radius 1 is 1.57 bits per heavy atom. The Morgan fingerprint density at radius 2 is 2.21 bits per heavy atom. The van der Waals surface area contributed by atoms with Crippen LogP contribution < -0.4 is 0 Å². The van der Waals surface area contributed by atoms with E-state index in [9.17, 15) is 8.42 Å². The van der Waals surface area contributed by atoms with E-state index in [2.05, 4.69) is 4.98 Å². The van der Waals surface area contributed by atoms with Crippen molar-refractivity contribution < 1.29 is 13.5 Å².